The van der Waals surface area contributed by atoms with Crippen molar-refractivity contribution in [1.29, 1.82) is 0 Å². The Labute approximate surface area is 142 Å². The van der Waals surface area contributed by atoms with Gasteiger partial charge in [-0.15, -0.1) is 0 Å². The number of aryl methyl sites for hydroxylation is 3. The maximum atomic E-state index is 12.4. The van der Waals surface area contributed by atoms with E-state index in [9.17, 15) is 4.79 Å². The SMILES string of the molecule is Cc1ccc(C(C)N(C)C(=O)/C=C/c2c(C)nn(C)c2Cl)cc1. The first kappa shape index (κ1) is 17.3. The second kappa shape index (κ2) is 7.01. The summed E-state index contributed by atoms with van der Waals surface area (Å²) in [5.41, 5.74) is 3.89. The second-order valence-electron chi connectivity index (χ2n) is 5.78. The van der Waals surface area contributed by atoms with E-state index in [1.165, 1.54) is 5.56 Å². The molecule has 0 aliphatic heterocycles. The summed E-state index contributed by atoms with van der Waals surface area (Å²) >= 11 is 6.17. The molecule has 0 fully saturated rings. The highest BCUT2D eigenvalue weighted by Crippen LogP contribution is 2.22. The average Bonchev–Trinajstić information content (AvgIpc) is 2.77. The highest BCUT2D eigenvalue weighted by Gasteiger charge is 2.16. The smallest absolute Gasteiger partial charge is 0.246 e. The number of carbonyl (C=O) groups excluding carboxylic acids is 1. The zero-order valence-electron chi connectivity index (χ0n) is 14.2. The van der Waals surface area contributed by atoms with Crippen molar-refractivity contribution in [2.75, 3.05) is 7.05 Å². The normalized spacial score (nSPS) is 12.6. The number of rotatable bonds is 4. The van der Waals surface area contributed by atoms with Crippen LogP contribution in [0, 0.1) is 13.8 Å². The van der Waals surface area contributed by atoms with Crippen LogP contribution in [-0.2, 0) is 11.8 Å². The number of carbonyl (C=O) groups is 1. The largest absolute Gasteiger partial charge is 0.335 e. The van der Waals surface area contributed by atoms with Gasteiger partial charge < -0.3 is 4.90 Å². The minimum Gasteiger partial charge on any atom is -0.335 e. The minimum atomic E-state index is -0.0719. The lowest BCUT2D eigenvalue weighted by Gasteiger charge is -2.24. The molecule has 1 unspecified atom stereocenters. The lowest BCUT2D eigenvalue weighted by atomic mass is 10.1. The number of halogens is 1. The van der Waals surface area contributed by atoms with Crippen molar-refractivity contribution in [3.63, 3.8) is 0 Å². The average molecular weight is 332 g/mol. The zero-order valence-corrected chi connectivity index (χ0v) is 14.9. The Balaban J connectivity index is 2.13. The molecule has 1 amide bonds. The summed E-state index contributed by atoms with van der Waals surface area (Å²) in [5.74, 6) is -0.0719. The number of likely N-dealkylation sites (N-methyl/N-ethyl adjacent to an activating group) is 1. The Hall–Kier alpha value is -2.07. The van der Waals surface area contributed by atoms with E-state index in [2.05, 4.69) is 29.4 Å². The fourth-order valence-corrected chi connectivity index (χ4v) is 2.60. The number of hydrogen-bond acceptors (Lipinski definition) is 2. The molecule has 0 aliphatic rings. The van der Waals surface area contributed by atoms with E-state index < -0.39 is 0 Å². The first-order valence-corrected chi connectivity index (χ1v) is 7.89. The second-order valence-corrected chi connectivity index (χ2v) is 6.14. The molecule has 0 N–H and O–H groups in total. The van der Waals surface area contributed by atoms with Gasteiger partial charge in [-0.05, 0) is 32.4 Å². The van der Waals surface area contributed by atoms with Crippen molar-refractivity contribution in [3.8, 4) is 0 Å². The summed E-state index contributed by atoms with van der Waals surface area (Å²) in [6, 6.07) is 8.21. The molecule has 1 aromatic heterocycles. The van der Waals surface area contributed by atoms with Crippen LogP contribution in [0.2, 0.25) is 5.15 Å². The zero-order chi connectivity index (χ0) is 17.1. The number of aromatic nitrogens is 2. The van der Waals surface area contributed by atoms with Gasteiger partial charge in [-0.1, -0.05) is 41.4 Å². The summed E-state index contributed by atoms with van der Waals surface area (Å²) in [5, 5.41) is 4.76. The summed E-state index contributed by atoms with van der Waals surface area (Å²) in [4.78, 5) is 14.1. The number of benzene rings is 1. The lowest BCUT2D eigenvalue weighted by Crippen LogP contribution is -2.27. The van der Waals surface area contributed by atoms with Crippen LogP contribution in [0.15, 0.2) is 30.3 Å². The van der Waals surface area contributed by atoms with Gasteiger partial charge in [0.1, 0.15) is 5.15 Å². The highest BCUT2D eigenvalue weighted by atomic mass is 35.5. The molecule has 23 heavy (non-hydrogen) atoms. The first-order chi connectivity index (χ1) is 10.8. The van der Waals surface area contributed by atoms with Gasteiger partial charge in [-0.2, -0.15) is 5.10 Å². The van der Waals surface area contributed by atoms with Crippen LogP contribution >= 0.6 is 11.6 Å². The van der Waals surface area contributed by atoms with Crippen LogP contribution in [0.5, 0.6) is 0 Å². The maximum absolute atomic E-state index is 12.4. The summed E-state index contributed by atoms with van der Waals surface area (Å²) in [6.45, 7) is 5.93. The molecule has 4 nitrogen and oxygen atoms in total. The molecule has 0 bridgehead atoms. The van der Waals surface area contributed by atoms with E-state index in [-0.39, 0.29) is 11.9 Å². The van der Waals surface area contributed by atoms with Gasteiger partial charge in [-0.3, -0.25) is 9.48 Å². The molecular weight excluding hydrogens is 310 g/mol. The molecule has 0 spiro atoms. The van der Waals surface area contributed by atoms with Crippen LogP contribution < -0.4 is 0 Å². The van der Waals surface area contributed by atoms with E-state index in [4.69, 9.17) is 11.6 Å². The number of amides is 1. The van der Waals surface area contributed by atoms with Gasteiger partial charge in [0.2, 0.25) is 5.91 Å². The Bertz CT molecular complexity index is 731. The van der Waals surface area contributed by atoms with Gasteiger partial charge in [0, 0.05) is 25.7 Å². The number of hydrogen-bond donors (Lipinski definition) is 0. The van der Waals surface area contributed by atoms with E-state index >= 15 is 0 Å². The summed E-state index contributed by atoms with van der Waals surface area (Å²) < 4.78 is 1.60. The monoisotopic (exact) mass is 331 g/mol. The van der Waals surface area contributed by atoms with Gasteiger partial charge >= 0.3 is 0 Å². The van der Waals surface area contributed by atoms with Crippen LogP contribution in [0.1, 0.15) is 35.3 Å². The van der Waals surface area contributed by atoms with Crippen LogP contribution in [0.4, 0.5) is 0 Å². The first-order valence-electron chi connectivity index (χ1n) is 7.51. The molecule has 5 heteroatoms. The van der Waals surface area contributed by atoms with Gasteiger partial charge in [-0.25, -0.2) is 0 Å². The molecule has 0 radical (unpaired) electrons. The van der Waals surface area contributed by atoms with Crippen molar-refractivity contribution in [3.05, 3.63) is 57.9 Å². The predicted molar refractivity (Wildman–Crippen MR) is 94.4 cm³/mol. The highest BCUT2D eigenvalue weighted by molar-refractivity contribution is 6.31. The van der Waals surface area contributed by atoms with Crippen molar-refractivity contribution < 1.29 is 4.79 Å². The van der Waals surface area contributed by atoms with Gasteiger partial charge in [0.15, 0.2) is 0 Å². The van der Waals surface area contributed by atoms with Crippen LogP contribution in [0.25, 0.3) is 6.08 Å². The molecule has 0 aliphatic carbocycles. The van der Waals surface area contributed by atoms with Gasteiger partial charge in [0.25, 0.3) is 0 Å². The van der Waals surface area contributed by atoms with Gasteiger partial charge in [0.05, 0.1) is 11.7 Å². The Kier molecular flexibility index (Phi) is 5.26. The summed E-state index contributed by atoms with van der Waals surface area (Å²) in [7, 11) is 3.58. The molecule has 2 rings (SSSR count). The third-order valence-corrected chi connectivity index (χ3v) is 4.53. The molecule has 2 aromatic rings. The molecule has 1 atom stereocenters. The minimum absolute atomic E-state index is 0.00165. The van der Waals surface area contributed by atoms with E-state index in [1.807, 2.05) is 20.8 Å². The molecule has 0 saturated heterocycles. The van der Waals surface area contributed by atoms with Crippen molar-refractivity contribution >= 4 is 23.6 Å². The topological polar surface area (TPSA) is 38.1 Å². The third kappa shape index (κ3) is 3.82. The van der Waals surface area contributed by atoms with E-state index in [0.717, 1.165) is 16.8 Å². The van der Waals surface area contributed by atoms with Crippen molar-refractivity contribution in [2.24, 2.45) is 7.05 Å². The van der Waals surface area contributed by atoms with Crippen molar-refractivity contribution in [2.45, 2.75) is 26.8 Å². The quantitative estimate of drug-likeness (QED) is 0.796. The third-order valence-electron chi connectivity index (χ3n) is 4.08. The fourth-order valence-electron chi connectivity index (χ4n) is 2.37. The van der Waals surface area contributed by atoms with Crippen LogP contribution in [0.3, 0.4) is 0 Å². The fraction of sp³-hybridized carbons (Fsp3) is 0.333. The standard InChI is InChI=1S/C18H22ClN3O/c1-12-6-8-15(9-7-12)14(3)21(4)17(23)11-10-16-13(2)20-22(5)18(16)19/h6-11,14H,1-5H3/b11-10+. The Morgan fingerprint density at radius 1 is 1.30 bits per heavy atom. The Morgan fingerprint density at radius 2 is 1.91 bits per heavy atom. The van der Waals surface area contributed by atoms with Crippen molar-refractivity contribution in [1.82, 2.24) is 14.7 Å². The Morgan fingerprint density at radius 3 is 2.43 bits per heavy atom. The maximum Gasteiger partial charge on any atom is 0.246 e. The molecule has 1 aromatic carbocycles. The van der Waals surface area contributed by atoms with E-state index in [0.29, 0.717) is 5.15 Å². The molecular formula is C18H22ClN3O. The molecule has 0 saturated carbocycles. The lowest BCUT2D eigenvalue weighted by molar-refractivity contribution is -0.126. The van der Waals surface area contributed by atoms with E-state index in [1.54, 1.807) is 35.8 Å². The summed E-state index contributed by atoms with van der Waals surface area (Å²) in [6.07, 6.45) is 3.27. The molecule has 1 heterocycles. The molecule has 122 valence electrons. The number of nitrogens with zero attached hydrogens (tertiary/aromatic N) is 3. The predicted octanol–water partition coefficient (Wildman–Crippen LogP) is 3.92. The van der Waals surface area contributed by atoms with Crippen LogP contribution in [-0.4, -0.2) is 27.6 Å².